The molecule has 4 nitrogen and oxygen atoms in total. The molecular formula is C17H24O4. The lowest BCUT2D eigenvalue weighted by Crippen LogP contribution is -2.32. The molecule has 1 saturated heterocycles. The molecule has 0 aromatic heterocycles. The molecule has 1 aliphatic heterocycles. The number of carbonyl (C=O) groups is 1. The van der Waals surface area contributed by atoms with Gasteiger partial charge in [-0.3, -0.25) is 4.79 Å². The molecule has 1 fully saturated rings. The van der Waals surface area contributed by atoms with Crippen molar-refractivity contribution in [2.75, 3.05) is 13.2 Å². The zero-order chi connectivity index (χ0) is 15.1. The van der Waals surface area contributed by atoms with Gasteiger partial charge in [-0.05, 0) is 18.4 Å². The van der Waals surface area contributed by atoms with E-state index in [0.29, 0.717) is 0 Å². The number of aryl methyl sites for hydroxylation is 1. The molecule has 0 amide bonds. The highest BCUT2D eigenvalue weighted by molar-refractivity contribution is 5.70. The van der Waals surface area contributed by atoms with Crippen molar-refractivity contribution in [3.8, 4) is 0 Å². The normalized spacial score (nSPS) is 22.1. The van der Waals surface area contributed by atoms with Gasteiger partial charge in [0.05, 0.1) is 13.2 Å². The highest BCUT2D eigenvalue weighted by atomic mass is 16.7. The van der Waals surface area contributed by atoms with Crippen molar-refractivity contribution in [2.24, 2.45) is 5.92 Å². The van der Waals surface area contributed by atoms with Crippen LogP contribution in [0.1, 0.15) is 50.0 Å². The van der Waals surface area contributed by atoms with E-state index in [0.717, 1.165) is 12.0 Å². The Morgan fingerprint density at radius 1 is 1.14 bits per heavy atom. The molecule has 1 aromatic carbocycles. The summed E-state index contributed by atoms with van der Waals surface area (Å²) >= 11 is 0. The van der Waals surface area contributed by atoms with Crippen molar-refractivity contribution in [2.45, 2.75) is 45.3 Å². The number of rotatable bonds is 7. The fraction of sp³-hybridized carbons (Fsp3) is 0.588. The van der Waals surface area contributed by atoms with Crippen molar-refractivity contribution in [1.82, 2.24) is 0 Å². The maximum Gasteiger partial charge on any atom is 0.311 e. The van der Waals surface area contributed by atoms with Gasteiger partial charge < -0.3 is 14.6 Å². The fourth-order valence-electron chi connectivity index (χ4n) is 2.44. The van der Waals surface area contributed by atoms with Crippen molar-refractivity contribution in [3.05, 3.63) is 35.4 Å². The Morgan fingerprint density at radius 3 is 2.38 bits per heavy atom. The number of hydrogen-bond donors (Lipinski definition) is 1. The Balaban J connectivity index is 1.81. The van der Waals surface area contributed by atoms with Crippen LogP contribution in [0.3, 0.4) is 0 Å². The van der Waals surface area contributed by atoms with Gasteiger partial charge in [-0.15, -0.1) is 0 Å². The number of unbranched alkanes of at least 4 members (excludes halogenated alkanes) is 3. The predicted molar refractivity (Wildman–Crippen MR) is 80.1 cm³/mol. The van der Waals surface area contributed by atoms with Crippen LogP contribution in [0, 0.1) is 5.92 Å². The number of carboxylic acid groups (broad SMARTS) is 1. The fourth-order valence-corrected chi connectivity index (χ4v) is 2.44. The largest absolute Gasteiger partial charge is 0.481 e. The third-order valence-electron chi connectivity index (χ3n) is 3.82. The summed E-state index contributed by atoms with van der Waals surface area (Å²) in [5.41, 5.74) is 2.28. The molecule has 0 spiro atoms. The van der Waals surface area contributed by atoms with Crippen LogP contribution < -0.4 is 0 Å². The van der Waals surface area contributed by atoms with Crippen LogP contribution in [-0.2, 0) is 20.7 Å². The molecule has 1 aromatic rings. The Bertz CT molecular complexity index is 433. The molecule has 4 heteroatoms. The van der Waals surface area contributed by atoms with E-state index >= 15 is 0 Å². The standard InChI is InChI=1S/C17H24O4/c1-2-3-4-5-6-13-7-9-14(10-8-13)17-20-11-15(12-21-17)16(18)19/h7-10,15,17H,2-6,11-12H2,1H3,(H,18,19). The zero-order valence-corrected chi connectivity index (χ0v) is 12.6. The summed E-state index contributed by atoms with van der Waals surface area (Å²) in [5.74, 6) is -1.42. The molecule has 2 rings (SSSR count). The highest BCUT2D eigenvalue weighted by Gasteiger charge is 2.27. The second-order valence-electron chi connectivity index (χ2n) is 5.59. The summed E-state index contributed by atoms with van der Waals surface area (Å²) in [5, 5.41) is 8.89. The van der Waals surface area contributed by atoms with Gasteiger partial charge in [0.2, 0.25) is 0 Å². The number of carboxylic acids is 1. The molecule has 0 unspecified atom stereocenters. The van der Waals surface area contributed by atoms with Crippen molar-refractivity contribution < 1.29 is 19.4 Å². The molecular weight excluding hydrogens is 268 g/mol. The third-order valence-corrected chi connectivity index (χ3v) is 3.82. The zero-order valence-electron chi connectivity index (χ0n) is 12.6. The van der Waals surface area contributed by atoms with E-state index < -0.39 is 18.2 Å². The smallest absolute Gasteiger partial charge is 0.311 e. The molecule has 116 valence electrons. The summed E-state index contributed by atoms with van der Waals surface area (Å²) in [6, 6.07) is 8.25. The van der Waals surface area contributed by atoms with Crippen molar-refractivity contribution in [3.63, 3.8) is 0 Å². The minimum Gasteiger partial charge on any atom is -0.481 e. The van der Waals surface area contributed by atoms with E-state index in [1.807, 2.05) is 12.1 Å². The first kappa shape index (κ1) is 16.0. The quantitative estimate of drug-likeness (QED) is 0.781. The van der Waals surface area contributed by atoms with Gasteiger partial charge in [-0.1, -0.05) is 50.5 Å². The van der Waals surface area contributed by atoms with Crippen LogP contribution in [0.2, 0.25) is 0 Å². The molecule has 0 radical (unpaired) electrons. The minimum absolute atomic E-state index is 0.207. The maximum absolute atomic E-state index is 10.8. The Morgan fingerprint density at radius 2 is 1.81 bits per heavy atom. The van der Waals surface area contributed by atoms with Gasteiger partial charge in [0.1, 0.15) is 5.92 Å². The molecule has 1 aliphatic rings. The lowest BCUT2D eigenvalue weighted by molar-refractivity contribution is -0.211. The molecule has 1 N–H and O–H groups in total. The first-order chi connectivity index (χ1) is 10.2. The van der Waals surface area contributed by atoms with Crippen LogP contribution in [0.15, 0.2) is 24.3 Å². The van der Waals surface area contributed by atoms with Gasteiger partial charge in [-0.25, -0.2) is 0 Å². The van der Waals surface area contributed by atoms with E-state index in [9.17, 15) is 4.79 Å². The van der Waals surface area contributed by atoms with Crippen LogP contribution in [-0.4, -0.2) is 24.3 Å². The summed E-state index contributed by atoms with van der Waals surface area (Å²) in [6.45, 7) is 2.63. The summed E-state index contributed by atoms with van der Waals surface area (Å²) in [6.07, 6.45) is 5.73. The molecule has 0 bridgehead atoms. The van der Waals surface area contributed by atoms with Crippen LogP contribution >= 0.6 is 0 Å². The van der Waals surface area contributed by atoms with E-state index in [4.69, 9.17) is 14.6 Å². The summed E-state index contributed by atoms with van der Waals surface area (Å²) < 4.78 is 11.0. The minimum atomic E-state index is -0.865. The van der Waals surface area contributed by atoms with Gasteiger partial charge >= 0.3 is 5.97 Å². The number of benzene rings is 1. The molecule has 0 saturated carbocycles. The van der Waals surface area contributed by atoms with E-state index in [2.05, 4.69) is 19.1 Å². The average molecular weight is 292 g/mol. The number of ether oxygens (including phenoxy) is 2. The third kappa shape index (κ3) is 4.83. The topological polar surface area (TPSA) is 55.8 Å². The lowest BCUT2D eigenvalue weighted by Gasteiger charge is -2.27. The average Bonchev–Trinajstić information content (AvgIpc) is 2.52. The number of hydrogen-bond acceptors (Lipinski definition) is 3. The molecule has 1 heterocycles. The van der Waals surface area contributed by atoms with Gasteiger partial charge in [0, 0.05) is 5.56 Å². The lowest BCUT2D eigenvalue weighted by atomic mass is 10.0. The second-order valence-corrected chi connectivity index (χ2v) is 5.59. The molecule has 0 atom stereocenters. The van der Waals surface area contributed by atoms with Crippen LogP contribution in [0.25, 0.3) is 0 Å². The van der Waals surface area contributed by atoms with Crippen LogP contribution in [0.5, 0.6) is 0 Å². The molecule has 21 heavy (non-hydrogen) atoms. The summed E-state index contributed by atoms with van der Waals surface area (Å²) in [7, 11) is 0. The SMILES string of the molecule is CCCCCCc1ccc(C2OCC(C(=O)O)CO2)cc1. The molecule has 0 aliphatic carbocycles. The number of aliphatic carboxylic acids is 1. The maximum atomic E-state index is 10.8. The van der Waals surface area contributed by atoms with Crippen LogP contribution in [0.4, 0.5) is 0 Å². The predicted octanol–water partition coefficient (Wildman–Crippen LogP) is 3.56. The Hall–Kier alpha value is -1.39. The van der Waals surface area contributed by atoms with Gasteiger partial charge in [-0.2, -0.15) is 0 Å². The Labute approximate surface area is 126 Å². The van der Waals surface area contributed by atoms with Crippen molar-refractivity contribution >= 4 is 5.97 Å². The monoisotopic (exact) mass is 292 g/mol. The first-order valence-corrected chi connectivity index (χ1v) is 7.75. The first-order valence-electron chi connectivity index (χ1n) is 7.75. The van der Waals surface area contributed by atoms with Gasteiger partial charge in [0.15, 0.2) is 6.29 Å². The van der Waals surface area contributed by atoms with Gasteiger partial charge in [0.25, 0.3) is 0 Å². The van der Waals surface area contributed by atoms with Crippen molar-refractivity contribution in [1.29, 1.82) is 0 Å². The van der Waals surface area contributed by atoms with E-state index in [-0.39, 0.29) is 13.2 Å². The van der Waals surface area contributed by atoms with E-state index in [1.54, 1.807) is 0 Å². The van der Waals surface area contributed by atoms with E-state index in [1.165, 1.54) is 31.2 Å². The summed E-state index contributed by atoms with van der Waals surface area (Å²) in [4.78, 5) is 10.8. The highest BCUT2D eigenvalue weighted by Crippen LogP contribution is 2.25. The second kappa shape index (κ2) is 8.15. The Kier molecular flexibility index (Phi) is 6.21.